The van der Waals surface area contributed by atoms with Gasteiger partial charge < -0.3 is 31.8 Å². The largest absolute Gasteiger partial charge is 0.459 e. The van der Waals surface area contributed by atoms with E-state index in [9.17, 15) is 24.0 Å². The van der Waals surface area contributed by atoms with Crippen LogP contribution in [0.2, 0.25) is 0 Å². The highest BCUT2D eigenvalue weighted by atomic mass is 16.3. The van der Waals surface area contributed by atoms with Crippen LogP contribution in [-0.2, 0) is 9.59 Å². The number of carbonyl (C=O) groups is 5. The molecule has 5 amide bonds. The van der Waals surface area contributed by atoms with Gasteiger partial charge in [-0.3, -0.25) is 24.0 Å². The number of piperidine rings is 1. The lowest BCUT2D eigenvalue weighted by Gasteiger charge is -2.38. The zero-order chi connectivity index (χ0) is 23.6. The van der Waals surface area contributed by atoms with E-state index in [1.54, 1.807) is 0 Å². The van der Waals surface area contributed by atoms with Crippen LogP contribution in [0.1, 0.15) is 57.3 Å². The van der Waals surface area contributed by atoms with E-state index in [0.29, 0.717) is 0 Å². The second-order valence-corrected chi connectivity index (χ2v) is 7.26. The number of furan rings is 1. The van der Waals surface area contributed by atoms with Crippen molar-refractivity contribution in [2.45, 2.75) is 37.9 Å². The summed E-state index contributed by atoms with van der Waals surface area (Å²) in [5.41, 5.74) is 15.2. The molecule has 0 aromatic carbocycles. The predicted octanol–water partition coefficient (Wildman–Crippen LogP) is -2.10. The average Bonchev–Trinajstić information content (AvgIpc) is 3.42. The minimum Gasteiger partial charge on any atom is -0.459 e. The van der Waals surface area contributed by atoms with Gasteiger partial charge in [0.2, 0.25) is 11.8 Å². The maximum Gasteiger partial charge on any atom is 0.290 e. The van der Waals surface area contributed by atoms with E-state index in [2.05, 4.69) is 15.6 Å². The van der Waals surface area contributed by atoms with Crippen LogP contribution in [0.15, 0.2) is 22.8 Å². The fourth-order valence-electron chi connectivity index (χ4n) is 3.53. The van der Waals surface area contributed by atoms with Crippen molar-refractivity contribution in [3.05, 3.63) is 35.5 Å². The van der Waals surface area contributed by atoms with E-state index in [-0.39, 0.29) is 30.8 Å². The van der Waals surface area contributed by atoms with Gasteiger partial charge in [0.25, 0.3) is 17.7 Å². The third-order valence-electron chi connectivity index (χ3n) is 5.16. The molecule has 0 aliphatic carbocycles. The first kappa shape index (κ1) is 22.5. The number of rotatable bonds is 7. The van der Waals surface area contributed by atoms with Crippen molar-refractivity contribution >= 4 is 29.5 Å². The van der Waals surface area contributed by atoms with Gasteiger partial charge in [0.15, 0.2) is 17.1 Å². The minimum absolute atomic E-state index is 0.0222. The Morgan fingerprint density at radius 2 is 1.91 bits per heavy atom. The van der Waals surface area contributed by atoms with Crippen LogP contribution in [-0.4, -0.2) is 68.1 Å². The van der Waals surface area contributed by atoms with Gasteiger partial charge in [-0.15, -0.1) is 5.10 Å². The van der Waals surface area contributed by atoms with Gasteiger partial charge in [0.05, 0.1) is 12.3 Å². The van der Waals surface area contributed by atoms with Crippen molar-refractivity contribution in [2.24, 2.45) is 17.2 Å². The molecule has 14 heteroatoms. The summed E-state index contributed by atoms with van der Waals surface area (Å²) < 4.78 is 6.28. The van der Waals surface area contributed by atoms with Crippen LogP contribution in [0.4, 0.5) is 0 Å². The van der Waals surface area contributed by atoms with Gasteiger partial charge in [-0.25, -0.2) is 4.68 Å². The number of likely N-dealkylation sites (tertiary alicyclic amines) is 1. The number of carbonyl (C=O) groups excluding carboxylic acids is 5. The van der Waals surface area contributed by atoms with Gasteiger partial charge in [-0.2, -0.15) is 0 Å². The molecule has 3 atom stereocenters. The lowest BCUT2D eigenvalue weighted by molar-refractivity contribution is -0.131. The fourth-order valence-corrected chi connectivity index (χ4v) is 3.53. The van der Waals surface area contributed by atoms with Crippen molar-refractivity contribution in [1.82, 2.24) is 25.2 Å². The molecule has 0 radical (unpaired) electrons. The topological polar surface area (TPSA) is 223 Å². The maximum absolute atomic E-state index is 13.0. The molecule has 0 saturated carbocycles. The van der Waals surface area contributed by atoms with Crippen LogP contribution in [0.25, 0.3) is 0 Å². The first-order chi connectivity index (χ1) is 15.1. The van der Waals surface area contributed by atoms with Crippen molar-refractivity contribution in [3.8, 4) is 0 Å². The number of aromatic nitrogens is 3. The van der Waals surface area contributed by atoms with Crippen LogP contribution >= 0.6 is 0 Å². The molecule has 2 aromatic rings. The van der Waals surface area contributed by atoms with E-state index in [4.69, 9.17) is 21.6 Å². The van der Waals surface area contributed by atoms with Crippen molar-refractivity contribution in [3.63, 3.8) is 0 Å². The van der Waals surface area contributed by atoms with Crippen LogP contribution < -0.4 is 22.5 Å². The highest BCUT2D eigenvalue weighted by Crippen LogP contribution is 2.30. The van der Waals surface area contributed by atoms with Crippen molar-refractivity contribution < 1.29 is 28.4 Å². The van der Waals surface area contributed by atoms with Crippen molar-refractivity contribution in [2.75, 3.05) is 6.54 Å². The van der Waals surface area contributed by atoms with E-state index in [1.165, 1.54) is 30.2 Å². The number of primary amides is 3. The second-order valence-electron chi connectivity index (χ2n) is 7.26. The third-order valence-corrected chi connectivity index (χ3v) is 5.16. The molecule has 170 valence electrons. The quantitative estimate of drug-likeness (QED) is 0.368. The van der Waals surface area contributed by atoms with E-state index in [1.807, 2.05) is 0 Å². The summed E-state index contributed by atoms with van der Waals surface area (Å²) in [6.07, 6.45) is 1.55. The molecule has 3 unspecified atom stereocenters. The number of nitrogens with two attached hydrogens (primary N) is 3. The summed E-state index contributed by atoms with van der Waals surface area (Å²) in [5, 5.41) is 9.91. The number of nitrogens with one attached hydrogen (secondary N) is 1. The molecular weight excluding hydrogens is 424 g/mol. The van der Waals surface area contributed by atoms with Gasteiger partial charge in [0.1, 0.15) is 12.1 Å². The molecule has 1 fully saturated rings. The highest BCUT2D eigenvalue weighted by Gasteiger charge is 2.40. The molecule has 1 aliphatic heterocycles. The lowest BCUT2D eigenvalue weighted by atomic mass is 9.95. The molecule has 0 spiro atoms. The summed E-state index contributed by atoms with van der Waals surface area (Å²) in [6, 6.07) is 0.298. The van der Waals surface area contributed by atoms with Gasteiger partial charge in [-0.05, 0) is 31.9 Å². The minimum atomic E-state index is -1.07. The van der Waals surface area contributed by atoms with Crippen LogP contribution in [0, 0.1) is 0 Å². The first-order valence-electron chi connectivity index (χ1n) is 9.60. The molecule has 2 aromatic heterocycles. The van der Waals surface area contributed by atoms with Crippen LogP contribution in [0.5, 0.6) is 0 Å². The van der Waals surface area contributed by atoms with E-state index < -0.39 is 53.4 Å². The number of nitrogens with zero attached hydrogens (tertiary/aromatic N) is 4. The predicted molar refractivity (Wildman–Crippen MR) is 106 cm³/mol. The molecule has 3 heterocycles. The zero-order valence-electron chi connectivity index (χ0n) is 17.1. The Labute approximate surface area is 181 Å². The number of hydrogen-bond acceptors (Lipinski definition) is 8. The van der Waals surface area contributed by atoms with Crippen LogP contribution in [0.3, 0.4) is 0 Å². The molecule has 32 heavy (non-hydrogen) atoms. The van der Waals surface area contributed by atoms with E-state index in [0.717, 1.165) is 4.68 Å². The summed E-state index contributed by atoms with van der Waals surface area (Å²) in [7, 11) is 0. The normalized spacial score (nSPS) is 19.2. The molecular formula is C18H22N8O6. The molecule has 3 rings (SSSR count). The molecule has 0 bridgehead atoms. The van der Waals surface area contributed by atoms with Gasteiger partial charge in [-0.1, -0.05) is 5.21 Å². The Balaban J connectivity index is 1.94. The Hall–Kier alpha value is -4.23. The number of hydrogen-bond donors (Lipinski definition) is 4. The highest BCUT2D eigenvalue weighted by molar-refractivity contribution is 6.03. The smallest absolute Gasteiger partial charge is 0.290 e. The maximum atomic E-state index is 13.0. The summed E-state index contributed by atoms with van der Waals surface area (Å²) >= 11 is 0. The van der Waals surface area contributed by atoms with Gasteiger partial charge >= 0.3 is 0 Å². The third kappa shape index (κ3) is 4.28. The Morgan fingerprint density at radius 1 is 1.19 bits per heavy atom. The Bertz CT molecular complexity index is 1060. The molecule has 7 N–H and O–H groups in total. The van der Waals surface area contributed by atoms with E-state index >= 15 is 0 Å². The van der Waals surface area contributed by atoms with Gasteiger partial charge in [0, 0.05) is 6.54 Å². The zero-order valence-corrected chi connectivity index (χ0v) is 17.1. The fraction of sp³-hybridized carbons (Fsp3) is 0.389. The summed E-state index contributed by atoms with van der Waals surface area (Å²) in [4.78, 5) is 62.0. The van der Waals surface area contributed by atoms with Crippen molar-refractivity contribution in [1.29, 1.82) is 0 Å². The number of amides is 5. The lowest BCUT2D eigenvalue weighted by Crippen LogP contribution is -2.56. The Morgan fingerprint density at radius 3 is 2.47 bits per heavy atom. The molecule has 1 saturated heterocycles. The second kappa shape index (κ2) is 8.87. The first-order valence-corrected chi connectivity index (χ1v) is 9.60. The average molecular weight is 446 g/mol. The molecule has 14 nitrogen and oxygen atoms in total. The Kier molecular flexibility index (Phi) is 6.22. The SMILES string of the molecule is CC(NC(=O)C1CC(n2nnc(C(N)=O)c2C(N)=O)CCN1C(=O)c1ccco1)C(N)=O. The summed E-state index contributed by atoms with van der Waals surface area (Å²) in [5.74, 6) is -3.86. The molecule has 1 aliphatic rings. The monoisotopic (exact) mass is 446 g/mol. The standard InChI is InChI=1S/C18H22N8O6/c1-8(14(19)27)22-17(30)10-7-9(4-5-25(10)18(31)11-3-2-6-32-11)26-13(16(21)29)12(15(20)28)23-24-26/h2-3,6,8-10H,4-5,7H2,1H3,(H2,19,27)(H2,20,28)(H2,21,29)(H,22,30). The summed E-state index contributed by atoms with van der Waals surface area (Å²) in [6.45, 7) is 1.47.